The highest BCUT2D eigenvalue weighted by Crippen LogP contribution is 2.42. The van der Waals surface area contributed by atoms with Gasteiger partial charge in [0.1, 0.15) is 16.9 Å². The molecule has 328 valence electrons. The molecular weight excluding hydrogens is 838 g/mol. The molecule has 3 aliphatic heterocycles. The summed E-state index contributed by atoms with van der Waals surface area (Å²) in [5.74, 6) is 0.853. The van der Waals surface area contributed by atoms with Crippen LogP contribution in [-0.4, -0.2) is 93.0 Å². The molecule has 10 nitrogen and oxygen atoms in total. The summed E-state index contributed by atoms with van der Waals surface area (Å²) in [4.78, 5) is 25.7. The largest absolute Gasteiger partial charge is 0.478 e. The minimum Gasteiger partial charge on any atom is -0.478 e. The molecule has 10 rings (SSSR count). The number of halogens is 1. The minimum absolute atomic E-state index is 0.118. The number of aliphatic imine (C=N–C) groups is 1. The number of nitrogens with zero attached hydrogens (tertiary/aromatic N) is 7. The van der Waals surface area contributed by atoms with Crippen LogP contribution in [0, 0.1) is 20.8 Å². The molecule has 4 aromatic carbocycles. The van der Waals surface area contributed by atoms with Crippen LogP contribution in [0.1, 0.15) is 104 Å². The van der Waals surface area contributed by atoms with E-state index in [1.807, 2.05) is 37.3 Å². The third-order valence-corrected chi connectivity index (χ3v) is 15.4. The van der Waals surface area contributed by atoms with E-state index in [2.05, 4.69) is 105 Å². The number of piperidine rings is 1. The second kappa shape index (κ2) is 17.1. The molecule has 0 saturated carbocycles. The van der Waals surface area contributed by atoms with Gasteiger partial charge in [0, 0.05) is 78.2 Å². The van der Waals surface area contributed by atoms with Gasteiger partial charge in [0.15, 0.2) is 5.82 Å². The van der Waals surface area contributed by atoms with Gasteiger partial charge in [0.05, 0.1) is 16.9 Å². The number of anilines is 2. The van der Waals surface area contributed by atoms with E-state index in [4.69, 9.17) is 16.6 Å². The molecule has 2 fully saturated rings. The lowest BCUT2D eigenvalue weighted by molar-refractivity contribution is -0.0173. The van der Waals surface area contributed by atoms with Crippen LogP contribution in [0.15, 0.2) is 96.0 Å². The van der Waals surface area contributed by atoms with Gasteiger partial charge >= 0.3 is 5.97 Å². The number of hydrogen-bond acceptors (Lipinski definition) is 9. The van der Waals surface area contributed by atoms with Crippen molar-refractivity contribution in [1.29, 1.82) is 0 Å². The van der Waals surface area contributed by atoms with Crippen LogP contribution >= 0.6 is 22.9 Å². The molecule has 0 radical (unpaired) electrons. The van der Waals surface area contributed by atoms with Gasteiger partial charge in [0.25, 0.3) is 0 Å². The van der Waals surface area contributed by atoms with Gasteiger partial charge in [-0.1, -0.05) is 54.1 Å². The highest BCUT2D eigenvalue weighted by molar-refractivity contribution is 7.15. The molecule has 1 aliphatic carbocycles. The quantitative estimate of drug-likeness (QED) is 0.156. The Hall–Kier alpha value is -5.59. The van der Waals surface area contributed by atoms with E-state index >= 15 is 0 Å². The monoisotopic (exact) mass is 891 g/mol. The van der Waals surface area contributed by atoms with Crippen LogP contribution in [0.5, 0.6) is 0 Å². The molecule has 64 heavy (non-hydrogen) atoms. The highest BCUT2D eigenvalue weighted by atomic mass is 35.5. The summed E-state index contributed by atoms with van der Waals surface area (Å²) in [6.07, 6.45) is 4.06. The number of aliphatic hydroxyl groups is 1. The van der Waals surface area contributed by atoms with Gasteiger partial charge in [-0.2, -0.15) is 0 Å². The molecule has 12 heteroatoms. The van der Waals surface area contributed by atoms with E-state index < -0.39 is 11.6 Å². The summed E-state index contributed by atoms with van der Waals surface area (Å²) in [7, 11) is 0. The zero-order valence-electron chi connectivity index (χ0n) is 36.9. The van der Waals surface area contributed by atoms with Gasteiger partial charge in [-0.25, -0.2) is 4.79 Å². The average molecular weight is 893 g/mol. The number of benzene rings is 4. The number of thiophene rings is 1. The second-order valence-electron chi connectivity index (χ2n) is 18.0. The summed E-state index contributed by atoms with van der Waals surface area (Å²) < 4.78 is 2.18. The first kappa shape index (κ1) is 42.4. The molecule has 1 atom stereocenters. The second-order valence-corrected chi connectivity index (χ2v) is 19.7. The smallest absolute Gasteiger partial charge is 0.335 e. The Morgan fingerprint density at radius 3 is 2.19 bits per heavy atom. The Morgan fingerprint density at radius 1 is 0.812 bits per heavy atom. The molecule has 6 aromatic rings. The van der Waals surface area contributed by atoms with Crippen molar-refractivity contribution in [2.45, 2.75) is 71.4 Å². The fourth-order valence-corrected chi connectivity index (χ4v) is 11.7. The number of aromatic nitrogens is 3. The van der Waals surface area contributed by atoms with Crippen molar-refractivity contribution in [3.8, 4) is 5.00 Å². The van der Waals surface area contributed by atoms with E-state index in [0.29, 0.717) is 17.1 Å². The zero-order valence-corrected chi connectivity index (χ0v) is 38.5. The third kappa shape index (κ3) is 7.97. The number of rotatable bonds is 8. The van der Waals surface area contributed by atoms with Gasteiger partial charge in [-0.15, -0.1) is 21.5 Å². The summed E-state index contributed by atoms with van der Waals surface area (Å²) in [5.41, 5.74) is 13.2. The molecule has 0 bridgehead atoms. The zero-order chi connectivity index (χ0) is 44.3. The van der Waals surface area contributed by atoms with Crippen molar-refractivity contribution < 1.29 is 15.0 Å². The van der Waals surface area contributed by atoms with Crippen molar-refractivity contribution in [2.24, 2.45) is 4.99 Å². The summed E-state index contributed by atoms with van der Waals surface area (Å²) in [6.45, 7) is 14.3. The minimum atomic E-state index is -0.905. The lowest BCUT2D eigenvalue weighted by atomic mass is 9.87. The number of piperazine rings is 1. The summed E-state index contributed by atoms with van der Waals surface area (Å²) >= 11 is 8.28. The van der Waals surface area contributed by atoms with Gasteiger partial charge in [-0.3, -0.25) is 14.5 Å². The predicted octanol–water partition coefficient (Wildman–Crippen LogP) is 9.97. The Balaban J connectivity index is 0.782. The molecule has 5 heterocycles. The topological polar surface area (TPSA) is 110 Å². The van der Waals surface area contributed by atoms with Crippen LogP contribution in [0.2, 0.25) is 5.02 Å². The molecular formula is C52H54ClN7O3S. The number of fused-ring (bicyclic) bond motifs is 4. The SMILES string of the molecule is Cc1sc2c(c1C)C(c1ccc(N3CCC(O)(CN4CCN(c5ccc(C6=C(c7cccc(Cl)c7)CCCc7cc(C(=O)O)ccc76)cc5)CC4)CC3)cc1)=N[C@@H](C)c1nnc(C)n1-2. The molecule has 0 amide bonds. The molecule has 4 aliphatic rings. The summed E-state index contributed by atoms with van der Waals surface area (Å²) in [5, 5.41) is 32.4. The van der Waals surface area contributed by atoms with E-state index in [-0.39, 0.29) is 6.04 Å². The normalized spacial score (nSPS) is 18.8. The number of carboxylic acids is 1. The van der Waals surface area contributed by atoms with E-state index in [9.17, 15) is 15.0 Å². The maximum absolute atomic E-state index is 11.9. The van der Waals surface area contributed by atoms with Crippen molar-refractivity contribution in [3.05, 3.63) is 157 Å². The van der Waals surface area contributed by atoms with E-state index in [1.165, 1.54) is 33.0 Å². The van der Waals surface area contributed by atoms with Gasteiger partial charge < -0.3 is 20.0 Å². The lowest BCUT2D eigenvalue weighted by Crippen LogP contribution is -2.55. The molecule has 2 saturated heterocycles. The number of allylic oxidation sites excluding steroid dienone is 1. The van der Waals surface area contributed by atoms with Crippen LogP contribution in [0.25, 0.3) is 16.1 Å². The number of carbonyl (C=O) groups is 1. The van der Waals surface area contributed by atoms with Gasteiger partial charge in [0.2, 0.25) is 0 Å². The number of hydrogen-bond donors (Lipinski definition) is 2. The number of aromatic carboxylic acids is 1. The Kier molecular flexibility index (Phi) is 11.3. The Labute approximate surface area is 384 Å². The van der Waals surface area contributed by atoms with Crippen molar-refractivity contribution in [2.75, 3.05) is 55.6 Å². The number of carboxylic acid groups (broad SMARTS) is 1. The van der Waals surface area contributed by atoms with Crippen LogP contribution in [0.3, 0.4) is 0 Å². The van der Waals surface area contributed by atoms with Gasteiger partial charge in [-0.05, 0) is 147 Å². The Morgan fingerprint density at radius 2 is 1.50 bits per heavy atom. The van der Waals surface area contributed by atoms with Crippen LogP contribution in [-0.2, 0) is 6.42 Å². The maximum Gasteiger partial charge on any atom is 0.335 e. The predicted molar refractivity (Wildman–Crippen MR) is 259 cm³/mol. The first-order valence-corrected chi connectivity index (χ1v) is 23.7. The number of aryl methyl sites for hydroxylation is 3. The molecule has 0 unspecified atom stereocenters. The van der Waals surface area contributed by atoms with E-state index in [1.54, 1.807) is 17.4 Å². The molecule has 0 spiro atoms. The molecule has 2 N–H and O–H groups in total. The van der Waals surface area contributed by atoms with E-state index in [0.717, 1.165) is 127 Å². The third-order valence-electron chi connectivity index (χ3n) is 13.9. The average Bonchev–Trinajstić information content (AvgIpc) is 3.70. The fourth-order valence-electron chi connectivity index (χ4n) is 10.3. The first-order valence-electron chi connectivity index (χ1n) is 22.5. The lowest BCUT2D eigenvalue weighted by Gasteiger charge is -2.44. The first-order chi connectivity index (χ1) is 30.9. The fraction of sp³-hybridized carbons (Fsp3) is 0.346. The summed E-state index contributed by atoms with van der Waals surface area (Å²) in [6, 6.07) is 31.2. The Bertz CT molecular complexity index is 2810. The van der Waals surface area contributed by atoms with Crippen molar-refractivity contribution in [3.63, 3.8) is 0 Å². The molecule has 2 aromatic heterocycles. The van der Waals surface area contributed by atoms with Crippen molar-refractivity contribution in [1.82, 2.24) is 19.7 Å². The number of β-amino-alcohol motifs (C(OH)–C–C–N with tert-alkyl or cyclic N) is 1. The van der Waals surface area contributed by atoms with Crippen molar-refractivity contribution >= 4 is 57.1 Å². The van der Waals surface area contributed by atoms with Crippen LogP contribution < -0.4 is 9.80 Å². The van der Waals surface area contributed by atoms with Crippen LogP contribution in [0.4, 0.5) is 11.4 Å². The maximum atomic E-state index is 11.9. The highest BCUT2D eigenvalue weighted by Gasteiger charge is 2.36. The standard InChI is InChI=1S/C52H54ClN7O3S/c1-32-34(3)64-50-46(32)48(54-33(2)49-56-55-35(4)60(49)50)37-13-18-42(19-14-37)58-23-21-52(63,22-24-58)31-57-25-27-59(28-26-57)43-16-11-36(12-17-43)47-44(39-7-5-9-41(53)30-39)10-6-8-38-29-40(51(61)62)15-20-45(38)47/h5,7,9,11-20,29-30,33,63H,6,8,10,21-28,31H2,1-4H3,(H,61,62)/t33-/m0/s1.